The van der Waals surface area contributed by atoms with Crippen molar-refractivity contribution in [2.24, 2.45) is 0 Å². The van der Waals surface area contributed by atoms with Gasteiger partial charge in [-0.2, -0.15) is 0 Å². The van der Waals surface area contributed by atoms with Gasteiger partial charge in [0.25, 0.3) is 0 Å². The summed E-state index contributed by atoms with van der Waals surface area (Å²) in [5.74, 6) is 1.01. The van der Waals surface area contributed by atoms with Crippen molar-refractivity contribution in [2.75, 3.05) is 36.2 Å². The Kier molecular flexibility index (Phi) is 4.76. The number of piperidine rings is 1. The molecule has 24 heavy (non-hydrogen) atoms. The molecule has 0 unspecified atom stereocenters. The standard InChI is InChI=1S/C18H23N3O2S/c1-20(18-5-3-4-12-19-18)15-10-13-21(14-11-15)16-6-8-17(9-7-16)24(2,22)23/h3-9,12,15H,10-11,13-14H2,1-2H3. The molecule has 0 radical (unpaired) electrons. The predicted molar refractivity (Wildman–Crippen MR) is 97.4 cm³/mol. The van der Waals surface area contributed by atoms with Gasteiger partial charge in [-0.3, -0.25) is 0 Å². The lowest BCUT2D eigenvalue weighted by atomic mass is 10.0. The zero-order chi connectivity index (χ0) is 17.2. The van der Waals surface area contributed by atoms with Crippen LogP contribution in [0.15, 0.2) is 53.6 Å². The molecule has 0 aliphatic carbocycles. The second-order valence-electron chi connectivity index (χ2n) is 6.28. The number of hydrogen-bond donors (Lipinski definition) is 0. The van der Waals surface area contributed by atoms with Gasteiger partial charge >= 0.3 is 0 Å². The van der Waals surface area contributed by atoms with E-state index < -0.39 is 9.84 Å². The molecule has 3 rings (SSSR count). The first-order valence-electron chi connectivity index (χ1n) is 8.14. The minimum absolute atomic E-state index is 0.371. The van der Waals surface area contributed by atoms with Gasteiger partial charge in [0.15, 0.2) is 9.84 Å². The number of hydrogen-bond acceptors (Lipinski definition) is 5. The molecule has 1 aliphatic heterocycles. The Morgan fingerprint density at radius 2 is 1.75 bits per heavy atom. The lowest BCUT2D eigenvalue weighted by Crippen LogP contribution is -2.43. The highest BCUT2D eigenvalue weighted by atomic mass is 32.2. The minimum atomic E-state index is -3.13. The van der Waals surface area contributed by atoms with E-state index in [1.54, 1.807) is 12.1 Å². The van der Waals surface area contributed by atoms with Crippen LogP contribution < -0.4 is 9.80 Å². The van der Waals surface area contributed by atoms with Gasteiger partial charge in [0.05, 0.1) is 4.90 Å². The fourth-order valence-electron chi connectivity index (χ4n) is 3.16. The summed E-state index contributed by atoms with van der Waals surface area (Å²) in [4.78, 5) is 9.36. The fourth-order valence-corrected chi connectivity index (χ4v) is 3.80. The summed E-state index contributed by atoms with van der Waals surface area (Å²) >= 11 is 0. The average molecular weight is 345 g/mol. The van der Waals surface area contributed by atoms with Gasteiger partial charge in [-0.15, -0.1) is 0 Å². The van der Waals surface area contributed by atoms with Crippen molar-refractivity contribution < 1.29 is 8.42 Å². The Morgan fingerprint density at radius 3 is 2.29 bits per heavy atom. The van der Waals surface area contributed by atoms with Crippen LogP contribution in [0, 0.1) is 0 Å². The Hall–Kier alpha value is -2.08. The molecular formula is C18H23N3O2S. The fraction of sp³-hybridized carbons (Fsp3) is 0.389. The maximum atomic E-state index is 11.5. The van der Waals surface area contributed by atoms with Gasteiger partial charge < -0.3 is 9.80 Å². The monoisotopic (exact) mass is 345 g/mol. The second kappa shape index (κ2) is 6.81. The molecule has 1 saturated heterocycles. The van der Waals surface area contributed by atoms with Crippen LogP contribution in [0.3, 0.4) is 0 Å². The van der Waals surface area contributed by atoms with Crippen LogP contribution in [0.2, 0.25) is 0 Å². The van der Waals surface area contributed by atoms with Crippen molar-refractivity contribution in [3.8, 4) is 0 Å². The number of sulfone groups is 1. The topological polar surface area (TPSA) is 53.5 Å². The van der Waals surface area contributed by atoms with E-state index >= 15 is 0 Å². The molecule has 2 heterocycles. The molecule has 5 nitrogen and oxygen atoms in total. The zero-order valence-electron chi connectivity index (χ0n) is 14.1. The van der Waals surface area contributed by atoms with Crippen LogP contribution in [-0.2, 0) is 9.84 Å². The quantitative estimate of drug-likeness (QED) is 0.852. The van der Waals surface area contributed by atoms with Gasteiger partial charge in [0.2, 0.25) is 0 Å². The van der Waals surface area contributed by atoms with E-state index in [1.807, 2.05) is 36.5 Å². The molecule has 0 N–H and O–H groups in total. The van der Waals surface area contributed by atoms with E-state index in [4.69, 9.17) is 0 Å². The summed E-state index contributed by atoms with van der Waals surface area (Å²) in [6, 6.07) is 13.6. The summed E-state index contributed by atoms with van der Waals surface area (Å²) in [6.07, 6.45) is 5.17. The van der Waals surface area contributed by atoms with Crippen LogP contribution in [0.25, 0.3) is 0 Å². The van der Waals surface area contributed by atoms with Gasteiger partial charge in [-0.05, 0) is 49.2 Å². The molecular weight excluding hydrogens is 322 g/mol. The number of nitrogens with zero attached hydrogens (tertiary/aromatic N) is 3. The van der Waals surface area contributed by atoms with Gasteiger partial charge in [0.1, 0.15) is 5.82 Å². The summed E-state index contributed by atoms with van der Waals surface area (Å²) < 4.78 is 23.1. The first kappa shape index (κ1) is 16.8. The molecule has 0 bridgehead atoms. The summed E-state index contributed by atoms with van der Waals surface area (Å²) in [7, 11) is -1.03. The van der Waals surface area contributed by atoms with Crippen molar-refractivity contribution in [2.45, 2.75) is 23.8 Å². The smallest absolute Gasteiger partial charge is 0.175 e. The first-order chi connectivity index (χ1) is 11.4. The number of pyridine rings is 1. The lowest BCUT2D eigenvalue weighted by molar-refractivity contribution is 0.480. The van der Waals surface area contributed by atoms with Crippen molar-refractivity contribution in [3.05, 3.63) is 48.7 Å². The summed E-state index contributed by atoms with van der Waals surface area (Å²) in [5.41, 5.74) is 1.08. The van der Waals surface area contributed by atoms with E-state index in [0.717, 1.165) is 37.4 Å². The zero-order valence-corrected chi connectivity index (χ0v) is 14.9. The number of rotatable bonds is 4. The normalized spacial score (nSPS) is 16.2. The third kappa shape index (κ3) is 3.70. The number of benzene rings is 1. The molecule has 0 saturated carbocycles. The Morgan fingerprint density at radius 1 is 1.08 bits per heavy atom. The van der Waals surface area contributed by atoms with E-state index in [-0.39, 0.29) is 0 Å². The highest BCUT2D eigenvalue weighted by Gasteiger charge is 2.23. The molecule has 128 valence electrons. The molecule has 0 atom stereocenters. The van der Waals surface area contributed by atoms with Crippen molar-refractivity contribution in [1.29, 1.82) is 0 Å². The Balaban J connectivity index is 1.63. The van der Waals surface area contributed by atoms with Crippen molar-refractivity contribution >= 4 is 21.3 Å². The minimum Gasteiger partial charge on any atom is -0.371 e. The SMILES string of the molecule is CN(c1ccccn1)C1CCN(c2ccc(S(C)(=O)=O)cc2)CC1. The maximum Gasteiger partial charge on any atom is 0.175 e. The maximum absolute atomic E-state index is 11.5. The lowest BCUT2D eigenvalue weighted by Gasteiger charge is -2.38. The van der Waals surface area contributed by atoms with Gasteiger partial charge in [0, 0.05) is 44.3 Å². The van der Waals surface area contributed by atoms with E-state index in [9.17, 15) is 8.42 Å². The van der Waals surface area contributed by atoms with Gasteiger partial charge in [-0.25, -0.2) is 13.4 Å². The molecule has 1 aromatic carbocycles. The first-order valence-corrected chi connectivity index (χ1v) is 10.0. The van der Waals surface area contributed by atoms with E-state index in [0.29, 0.717) is 10.9 Å². The van der Waals surface area contributed by atoms with E-state index in [1.165, 1.54) is 6.26 Å². The van der Waals surface area contributed by atoms with E-state index in [2.05, 4.69) is 21.8 Å². The second-order valence-corrected chi connectivity index (χ2v) is 8.30. The number of aromatic nitrogens is 1. The van der Waals surface area contributed by atoms with Gasteiger partial charge in [-0.1, -0.05) is 6.07 Å². The third-order valence-corrected chi connectivity index (χ3v) is 5.78. The van der Waals surface area contributed by atoms with Crippen LogP contribution >= 0.6 is 0 Å². The number of anilines is 2. The van der Waals surface area contributed by atoms with Crippen molar-refractivity contribution in [3.63, 3.8) is 0 Å². The van der Waals surface area contributed by atoms with Crippen LogP contribution in [-0.4, -0.2) is 45.8 Å². The Labute approximate surface area is 143 Å². The highest BCUT2D eigenvalue weighted by molar-refractivity contribution is 7.90. The Bertz CT molecular complexity index is 768. The molecule has 1 aliphatic rings. The molecule has 6 heteroatoms. The average Bonchev–Trinajstić information content (AvgIpc) is 2.61. The summed E-state index contributed by atoms with van der Waals surface area (Å²) in [6.45, 7) is 1.92. The van der Waals surface area contributed by atoms with Crippen molar-refractivity contribution in [1.82, 2.24) is 4.98 Å². The molecule has 1 fully saturated rings. The molecule has 1 aromatic heterocycles. The molecule has 0 amide bonds. The van der Waals surface area contributed by atoms with Crippen LogP contribution in [0.4, 0.5) is 11.5 Å². The molecule has 0 spiro atoms. The molecule has 2 aromatic rings. The predicted octanol–water partition coefficient (Wildman–Crippen LogP) is 2.59. The largest absolute Gasteiger partial charge is 0.371 e. The van der Waals surface area contributed by atoms with Crippen LogP contribution in [0.5, 0.6) is 0 Å². The summed E-state index contributed by atoms with van der Waals surface area (Å²) in [5, 5.41) is 0. The third-order valence-electron chi connectivity index (χ3n) is 4.65. The highest BCUT2D eigenvalue weighted by Crippen LogP contribution is 2.25. The van der Waals surface area contributed by atoms with Crippen LogP contribution in [0.1, 0.15) is 12.8 Å².